The van der Waals surface area contributed by atoms with E-state index in [1.807, 2.05) is 0 Å². The molecule has 0 N–H and O–H groups in total. The monoisotopic (exact) mass is 239 g/mol. The largest absolute Gasteiger partial charge is 0.432 e. The molecule has 0 saturated heterocycles. The number of alkyl halides is 2. The first-order valence-corrected chi connectivity index (χ1v) is 4.83. The third-order valence-electron chi connectivity index (χ3n) is 2.12. The molecule has 0 unspecified atom stereocenters. The van der Waals surface area contributed by atoms with Crippen molar-refractivity contribution in [2.24, 2.45) is 0 Å². The number of rotatable bonds is 3. The van der Waals surface area contributed by atoms with E-state index in [-0.39, 0.29) is 17.0 Å². The van der Waals surface area contributed by atoms with E-state index in [2.05, 4.69) is 9.72 Å². The summed E-state index contributed by atoms with van der Waals surface area (Å²) in [4.78, 5) is 3.86. The predicted octanol–water partition coefficient (Wildman–Crippen LogP) is 3.49. The Balaban J connectivity index is 2.48. The lowest BCUT2D eigenvalue weighted by atomic mass is 10.1. The fourth-order valence-electron chi connectivity index (χ4n) is 1.44. The van der Waals surface area contributed by atoms with E-state index in [0.717, 1.165) is 0 Å². The molecular formula is C12H8F3NO. The predicted molar refractivity (Wildman–Crippen MR) is 56.3 cm³/mol. The number of hydrogen-bond acceptors (Lipinski definition) is 2. The molecule has 0 spiro atoms. The molecule has 0 aliphatic rings. The van der Waals surface area contributed by atoms with Crippen molar-refractivity contribution in [2.45, 2.75) is 6.61 Å². The van der Waals surface area contributed by atoms with Crippen LogP contribution in [0.4, 0.5) is 13.2 Å². The van der Waals surface area contributed by atoms with E-state index in [9.17, 15) is 13.2 Å². The highest BCUT2D eigenvalue weighted by atomic mass is 19.3. The number of halogens is 3. The van der Waals surface area contributed by atoms with Crippen molar-refractivity contribution in [3.8, 4) is 17.0 Å². The minimum Gasteiger partial charge on any atom is -0.432 e. The molecule has 0 atom stereocenters. The summed E-state index contributed by atoms with van der Waals surface area (Å²) in [6, 6.07) is 8.56. The number of ether oxygens (including phenoxy) is 1. The van der Waals surface area contributed by atoms with Gasteiger partial charge in [0.05, 0.1) is 0 Å². The van der Waals surface area contributed by atoms with E-state index in [4.69, 9.17) is 0 Å². The van der Waals surface area contributed by atoms with Crippen molar-refractivity contribution >= 4 is 0 Å². The molecule has 1 aromatic carbocycles. The number of hydrogen-bond donors (Lipinski definition) is 0. The van der Waals surface area contributed by atoms with Crippen LogP contribution in [0.1, 0.15) is 0 Å². The Labute approximate surface area is 95.7 Å². The molecule has 0 aliphatic carbocycles. The highest BCUT2D eigenvalue weighted by Gasteiger charge is 2.14. The minimum absolute atomic E-state index is 0.0610. The van der Waals surface area contributed by atoms with Crippen LogP contribution in [-0.4, -0.2) is 11.6 Å². The van der Waals surface area contributed by atoms with Crippen molar-refractivity contribution in [2.75, 3.05) is 0 Å². The van der Waals surface area contributed by atoms with Gasteiger partial charge in [-0.3, -0.25) is 4.98 Å². The molecule has 5 heteroatoms. The number of benzene rings is 1. The van der Waals surface area contributed by atoms with Crippen LogP contribution in [0.5, 0.6) is 5.75 Å². The molecule has 2 rings (SSSR count). The van der Waals surface area contributed by atoms with Gasteiger partial charge in [0.1, 0.15) is 11.5 Å². The van der Waals surface area contributed by atoms with Crippen molar-refractivity contribution < 1.29 is 17.9 Å². The molecule has 88 valence electrons. The van der Waals surface area contributed by atoms with Crippen LogP contribution in [0.25, 0.3) is 11.3 Å². The van der Waals surface area contributed by atoms with Gasteiger partial charge in [0, 0.05) is 11.8 Å². The van der Waals surface area contributed by atoms with Crippen LogP contribution in [0.3, 0.4) is 0 Å². The molecule has 0 radical (unpaired) electrons. The molecule has 1 heterocycles. The minimum atomic E-state index is -2.97. The van der Waals surface area contributed by atoms with Gasteiger partial charge in [0.15, 0.2) is 5.75 Å². The Bertz CT molecular complexity index is 517. The van der Waals surface area contributed by atoms with Gasteiger partial charge in [-0.1, -0.05) is 12.1 Å². The standard InChI is InChI=1S/C12H8F3NO/c13-9-5-2-1-4-8(9)11-10(17-12(14)15)6-3-7-16-11/h1-7,12H. The third-order valence-corrected chi connectivity index (χ3v) is 2.12. The molecule has 0 aliphatic heterocycles. The fraction of sp³-hybridized carbons (Fsp3) is 0.0833. The average molecular weight is 239 g/mol. The average Bonchev–Trinajstić information content (AvgIpc) is 2.30. The highest BCUT2D eigenvalue weighted by molar-refractivity contribution is 5.66. The third kappa shape index (κ3) is 2.55. The summed E-state index contributed by atoms with van der Waals surface area (Å²) in [5, 5.41) is 0. The van der Waals surface area contributed by atoms with Crippen molar-refractivity contribution in [1.29, 1.82) is 0 Å². The maximum Gasteiger partial charge on any atom is 0.387 e. The second-order valence-corrected chi connectivity index (χ2v) is 3.21. The van der Waals surface area contributed by atoms with Gasteiger partial charge in [0.25, 0.3) is 0 Å². The molecule has 1 aromatic heterocycles. The van der Waals surface area contributed by atoms with Crippen molar-refractivity contribution in [1.82, 2.24) is 4.98 Å². The van der Waals surface area contributed by atoms with E-state index < -0.39 is 12.4 Å². The van der Waals surface area contributed by atoms with Crippen LogP contribution in [0, 0.1) is 5.82 Å². The summed E-state index contributed by atoms with van der Waals surface area (Å²) in [6.07, 6.45) is 1.39. The van der Waals surface area contributed by atoms with Gasteiger partial charge >= 0.3 is 6.61 Å². The first kappa shape index (κ1) is 11.4. The summed E-state index contributed by atoms with van der Waals surface area (Å²) in [7, 11) is 0. The Morgan fingerprint density at radius 1 is 1.06 bits per heavy atom. The first-order chi connectivity index (χ1) is 8.18. The lowest BCUT2D eigenvalue weighted by molar-refractivity contribution is -0.0496. The number of pyridine rings is 1. The van der Waals surface area contributed by atoms with E-state index >= 15 is 0 Å². The van der Waals surface area contributed by atoms with Gasteiger partial charge in [-0.15, -0.1) is 0 Å². The molecule has 0 fully saturated rings. The van der Waals surface area contributed by atoms with E-state index in [1.165, 1.54) is 36.5 Å². The Morgan fingerprint density at radius 3 is 2.53 bits per heavy atom. The zero-order valence-electron chi connectivity index (χ0n) is 8.61. The second kappa shape index (κ2) is 4.86. The molecule has 0 amide bonds. The summed E-state index contributed by atoms with van der Waals surface area (Å²) < 4.78 is 42.1. The van der Waals surface area contributed by atoms with Crippen molar-refractivity contribution in [3.05, 3.63) is 48.4 Å². The SMILES string of the molecule is Fc1ccccc1-c1ncccc1OC(F)F. The molecule has 2 aromatic rings. The molecule has 0 bridgehead atoms. The molecular weight excluding hydrogens is 231 g/mol. The van der Waals surface area contributed by atoms with Gasteiger partial charge < -0.3 is 4.74 Å². The number of nitrogens with zero attached hydrogens (tertiary/aromatic N) is 1. The Hall–Kier alpha value is -2.04. The Morgan fingerprint density at radius 2 is 1.82 bits per heavy atom. The zero-order valence-corrected chi connectivity index (χ0v) is 8.61. The maximum atomic E-state index is 13.5. The highest BCUT2D eigenvalue weighted by Crippen LogP contribution is 2.30. The van der Waals surface area contributed by atoms with Crippen LogP contribution < -0.4 is 4.74 Å². The van der Waals surface area contributed by atoms with Crippen molar-refractivity contribution in [3.63, 3.8) is 0 Å². The summed E-state index contributed by atoms with van der Waals surface area (Å²) in [5.41, 5.74) is 0.189. The van der Waals surface area contributed by atoms with Crippen LogP contribution in [0.2, 0.25) is 0 Å². The van der Waals surface area contributed by atoms with Gasteiger partial charge in [0.2, 0.25) is 0 Å². The van der Waals surface area contributed by atoms with Crippen LogP contribution >= 0.6 is 0 Å². The smallest absolute Gasteiger partial charge is 0.387 e. The lowest BCUT2D eigenvalue weighted by Gasteiger charge is -2.09. The lowest BCUT2D eigenvalue weighted by Crippen LogP contribution is -2.04. The van der Waals surface area contributed by atoms with Gasteiger partial charge in [-0.05, 0) is 24.3 Å². The Kier molecular flexibility index (Phi) is 3.27. The van der Waals surface area contributed by atoms with Gasteiger partial charge in [-0.25, -0.2) is 4.39 Å². The van der Waals surface area contributed by atoms with Crippen LogP contribution in [-0.2, 0) is 0 Å². The maximum absolute atomic E-state index is 13.5. The summed E-state index contributed by atoms with van der Waals surface area (Å²) in [6.45, 7) is -2.97. The van der Waals surface area contributed by atoms with Gasteiger partial charge in [-0.2, -0.15) is 8.78 Å². The van der Waals surface area contributed by atoms with E-state index in [0.29, 0.717) is 0 Å². The quantitative estimate of drug-likeness (QED) is 0.817. The zero-order chi connectivity index (χ0) is 12.3. The second-order valence-electron chi connectivity index (χ2n) is 3.21. The van der Waals surface area contributed by atoms with E-state index in [1.54, 1.807) is 6.07 Å². The molecule has 2 nitrogen and oxygen atoms in total. The van der Waals surface area contributed by atoms with Crippen LogP contribution in [0.15, 0.2) is 42.6 Å². The summed E-state index contributed by atoms with van der Waals surface area (Å²) >= 11 is 0. The molecule has 17 heavy (non-hydrogen) atoms. The number of aromatic nitrogens is 1. The topological polar surface area (TPSA) is 22.1 Å². The fourth-order valence-corrected chi connectivity index (χ4v) is 1.44. The molecule has 0 saturated carbocycles. The summed E-state index contributed by atoms with van der Waals surface area (Å²) in [5.74, 6) is -0.682. The normalized spacial score (nSPS) is 10.6. The first-order valence-electron chi connectivity index (χ1n) is 4.83.